The number of nitrogens with two attached hydrogens (primary N) is 1. The topological polar surface area (TPSA) is 114 Å². The number of nitrogens with one attached hydrogen (secondary N) is 1. The number of benzene rings is 1. The van der Waals surface area contributed by atoms with Gasteiger partial charge in [-0.25, -0.2) is 13.6 Å². The molecule has 0 bridgehead atoms. The summed E-state index contributed by atoms with van der Waals surface area (Å²) in [7, 11) is -1.55. The zero-order valence-electron chi connectivity index (χ0n) is 13.2. The number of aromatic nitrogens is 2. The van der Waals surface area contributed by atoms with Gasteiger partial charge in [-0.1, -0.05) is 17.3 Å². The summed E-state index contributed by atoms with van der Waals surface area (Å²) >= 11 is 0. The van der Waals surface area contributed by atoms with Gasteiger partial charge in [-0.3, -0.25) is 4.90 Å². The molecule has 1 fully saturated rings. The first kappa shape index (κ1) is 18.8. The van der Waals surface area contributed by atoms with E-state index in [0.717, 1.165) is 19.6 Å². The summed E-state index contributed by atoms with van der Waals surface area (Å²) in [5.74, 6) is 0.763. The summed E-state index contributed by atoms with van der Waals surface area (Å²) in [6.45, 7) is 2.62. The van der Waals surface area contributed by atoms with E-state index < -0.39 is 10.0 Å². The Morgan fingerprint density at radius 1 is 1.46 bits per heavy atom. The van der Waals surface area contributed by atoms with E-state index in [4.69, 9.17) is 9.66 Å². The van der Waals surface area contributed by atoms with E-state index in [2.05, 4.69) is 20.4 Å². The molecule has 1 saturated heterocycles. The lowest BCUT2D eigenvalue weighted by Crippen LogP contribution is -2.44. The van der Waals surface area contributed by atoms with Crippen molar-refractivity contribution in [3.63, 3.8) is 0 Å². The smallest absolute Gasteiger partial charge is 0.257 e. The van der Waals surface area contributed by atoms with Crippen molar-refractivity contribution < 1.29 is 12.9 Å². The first-order valence-corrected chi connectivity index (χ1v) is 8.98. The van der Waals surface area contributed by atoms with Crippen LogP contribution >= 0.6 is 12.4 Å². The number of nitrogens with zero attached hydrogens (tertiary/aromatic N) is 3. The number of hydrogen-bond acceptors (Lipinski definition) is 7. The predicted octanol–water partition coefficient (Wildman–Crippen LogP) is 0.523. The molecular weight excluding hydrogens is 354 g/mol. The number of hydrogen-bond donors (Lipinski definition) is 2. The molecule has 1 aliphatic heterocycles. The van der Waals surface area contributed by atoms with Crippen molar-refractivity contribution in [3.05, 3.63) is 35.7 Å². The molecule has 0 saturated carbocycles. The molecule has 132 valence electrons. The second-order valence-electron chi connectivity index (χ2n) is 5.67. The van der Waals surface area contributed by atoms with Gasteiger partial charge in [0.25, 0.3) is 5.89 Å². The molecular formula is C14H20ClN5O3S. The lowest BCUT2D eigenvalue weighted by molar-refractivity contribution is 0.190. The van der Waals surface area contributed by atoms with Crippen molar-refractivity contribution in [2.45, 2.75) is 11.8 Å². The number of piperazine rings is 1. The van der Waals surface area contributed by atoms with E-state index >= 15 is 0 Å². The van der Waals surface area contributed by atoms with Crippen LogP contribution in [0, 0.1) is 0 Å². The van der Waals surface area contributed by atoms with Crippen LogP contribution in [0.2, 0.25) is 0 Å². The number of sulfonamides is 1. The van der Waals surface area contributed by atoms with Crippen molar-refractivity contribution >= 4 is 22.4 Å². The van der Waals surface area contributed by atoms with Crippen LogP contribution in [0.25, 0.3) is 11.5 Å². The molecule has 0 spiro atoms. The molecule has 0 aliphatic carbocycles. The average molecular weight is 374 g/mol. The van der Waals surface area contributed by atoms with Crippen LogP contribution < -0.4 is 10.5 Å². The Balaban J connectivity index is 0.00000208. The third-order valence-electron chi connectivity index (χ3n) is 3.79. The van der Waals surface area contributed by atoms with Gasteiger partial charge < -0.3 is 9.84 Å². The summed E-state index contributed by atoms with van der Waals surface area (Å²) in [6, 6.07) is 7.00. The predicted molar refractivity (Wildman–Crippen MR) is 92.0 cm³/mol. The van der Waals surface area contributed by atoms with Gasteiger partial charge >= 0.3 is 0 Å². The summed E-state index contributed by atoms with van der Waals surface area (Å²) < 4.78 is 27.8. The largest absolute Gasteiger partial charge is 0.334 e. The van der Waals surface area contributed by atoms with Gasteiger partial charge in [-0.2, -0.15) is 4.98 Å². The second-order valence-corrected chi connectivity index (χ2v) is 7.28. The molecule has 0 radical (unpaired) electrons. The maximum Gasteiger partial charge on any atom is 0.257 e. The third kappa shape index (κ3) is 4.52. The van der Waals surface area contributed by atoms with Gasteiger partial charge in [-0.15, -0.1) is 12.4 Å². The SMILES string of the molecule is CN1CCNCC1c1noc(-c2cccc(CS(N)(=O)=O)c2)n1.Cl. The summed E-state index contributed by atoms with van der Waals surface area (Å²) in [4.78, 5) is 6.62. The van der Waals surface area contributed by atoms with Crippen LogP contribution in [-0.2, 0) is 15.8 Å². The fraction of sp³-hybridized carbons (Fsp3) is 0.429. The van der Waals surface area contributed by atoms with Crippen molar-refractivity contribution in [3.8, 4) is 11.5 Å². The Morgan fingerprint density at radius 2 is 2.25 bits per heavy atom. The molecule has 1 aliphatic rings. The van der Waals surface area contributed by atoms with Gasteiger partial charge in [0.1, 0.15) is 0 Å². The quantitative estimate of drug-likeness (QED) is 0.802. The molecule has 2 heterocycles. The summed E-state index contributed by atoms with van der Waals surface area (Å²) in [5, 5.41) is 12.4. The molecule has 1 aromatic carbocycles. The standard InChI is InChI=1S/C14H19N5O3S.ClH/c1-19-6-5-16-8-12(19)13-17-14(22-18-13)11-4-2-3-10(7-11)9-23(15,20)21;/h2-4,7,12,16H,5-6,8-9H2,1H3,(H2,15,20,21);1H. The normalized spacial score (nSPS) is 19.0. The Hall–Kier alpha value is -1.52. The van der Waals surface area contributed by atoms with Crippen molar-refractivity contribution in [2.24, 2.45) is 5.14 Å². The van der Waals surface area contributed by atoms with Gasteiger partial charge in [0, 0.05) is 25.2 Å². The van der Waals surface area contributed by atoms with E-state index in [9.17, 15) is 8.42 Å². The first-order chi connectivity index (χ1) is 10.9. The van der Waals surface area contributed by atoms with Gasteiger partial charge in [0.2, 0.25) is 10.0 Å². The summed E-state index contributed by atoms with van der Waals surface area (Å²) in [5.41, 5.74) is 1.26. The van der Waals surface area contributed by atoms with E-state index in [-0.39, 0.29) is 24.2 Å². The van der Waals surface area contributed by atoms with Gasteiger partial charge in [-0.05, 0) is 24.7 Å². The highest BCUT2D eigenvalue weighted by Gasteiger charge is 2.25. The van der Waals surface area contributed by atoms with Crippen molar-refractivity contribution in [1.82, 2.24) is 20.4 Å². The first-order valence-electron chi connectivity index (χ1n) is 7.27. The van der Waals surface area contributed by atoms with E-state index in [1.807, 2.05) is 7.05 Å². The molecule has 3 N–H and O–H groups in total. The van der Waals surface area contributed by atoms with Crippen LogP contribution in [0.1, 0.15) is 17.4 Å². The Kier molecular flexibility index (Phi) is 5.94. The minimum Gasteiger partial charge on any atom is -0.334 e. The Morgan fingerprint density at radius 3 is 2.96 bits per heavy atom. The minimum absolute atomic E-state index is 0. The maximum atomic E-state index is 11.2. The Bertz CT molecular complexity index is 795. The number of halogens is 1. The molecule has 1 atom stereocenters. The van der Waals surface area contributed by atoms with E-state index in [1.165, 1.54) is 0 Å². The zero-order chi connectivity index (χ0) is 16.4. The van der Waals surface area contributed by atoms with Crippen LogP contribution in [0.15, 0.2) is 28.8 Å². The lowest BCUT2D eigenvalue weighted by Gasteiger charge is -2.30. The number of likely N-dealkylation sites (N-methyl/N-ethyl adjacent to an activating group) is 1. The molecule has 3 rings (SSSR count). The molecule has 2 aromatic rings. The van der Waals surface area contributed by atoms with Gasteiger partial charge in [0.05, 0.1) is 11.8 Å². The molecule has 8 nitrogen and oxygen atoms in total. The van der Waals surface area contributed by atoms with E-state index in [1.54, 1.807) is 24.3 Å². The monoisotopic (exact) mass is 373 g/mol. The second kappa shape index (κ2) is 7.58. The van der Waals surface area contributed by atoms with Gasteiger partial charge in [0.15, 0.2) is 5.82 Å². The molecule has 0 amide bonds. The average Bonchev–Trinajstić information content (AvgIpc) is 2.96. The third-order valence-corrected chi connectivity index (χ3v) is 4.53. The van der Waals surface area contributed by atoms with Crippen LogP contribution in [0.5, 0.6) is 0 Å². The fourth-order valence-electron chi connectivity index (χ4n) is 2.61. The summed E-state index contributed by atoms with van der Waals surface area (Å²) in [6.07, 6.45) is 0. The van der Waals surface area contributed by atoms with E-state index in [0.29, 0.717) is 22.8 Å². The van der Waals surface area contributed by atoms with Crippen LogP contribution in [0.3, 0.4) is 0 Å². The molecule has 10 heteroatoms. The Labute approximate surface area is 146 Å². The molecule has 1 unspecified atom stereocenters. The highest BCUT2D eigenvalue weighted by atomic mass is 35.5. The molecule has 1 aromatic heterocycles. The van der Waals surface area contributed by atoms with Crippen LogP contribution in [0.4, 0.5) is 0 Å². The highest BCUT2D eigenvalue weighted by molar-refractivity contribution is 7.88. The fourth-order valence-corrected chi connectivity index (χ4v) is 3.25. The zero-order valence-corrected chi connectivity index (χ0v) is 14.8. The van der Waals surface area contributed by atoms with Crippen LogP contribution in [-0.4, -0.2) is 50.1 Å². The lowest BCUT2D eigenvalue weighted by atomic mass is 10.1. The van der Waals surface area contributed by atoms with Crippen molar-refractivity contribution in [2.75, 3.05) is 26.7 Å². The molecule has 24 heavy (non-hydrogen) atoms. The highest BCUT2D eigenvalue weighted by Crippen LogP contribution is 2.23. The maximum absolute atomic E-state index is 11.2. The van der Waals surface area contributed by atoms with Crippen molar-refractivity contribution in [1.29, 1.82) is 0 Å². The number of primary sulfonamides is 1. The number of rotatable bonds is 4. The minimum atomic E-state index is -3.58.